The molecule has 3 rings (SSSR count). The topological polar surface area (TPSA) is 65.5 Å². The van der Waals surface area contributed by atoms with E-state index >= 15 is 0 Å². The fraction of sp³-hybridized carbons (Fsp3) is 0.524. The number of carbonyl (C=O) groups excluding carboxylic acids is 1. The molecule has 0 spiro atoms. The van der Waals surface area contributed by atoms with Crippen LogP contribution in [0.3, 0.4) is 0 Å². The van der Waals surface area contributed by atoms with Crippen molar-refractivity contribution >= 4 is 17.5 Å². The average molecular weight is 383 g/mol. The number of rotatable bonds is 7. The SMILES string of the molecule is CCCN(CCC)C(=O)c1cc(N2CCN(c3ccccn3)CC2)nc(C)n1. The maximum Gasteiger partial charge on any atom is 0.272 e. The van der Waals surface area contributed by atoms with Crippen LogP contribution in [0.25, 0.3) is 0 Å². The Morgan fingerprint density at radius 1 is 1.00 bits per heavy atom. The molecule has 0 atom stereocenters. The normalized spacial score (nSPS) is 14.2. The van der Waals surface area contributed by atoms with Gasteiger partial charge in [-0.2, -0.15) is 0 Å². The van der Waals surface area contributed by atoms with Crippen LogP contribution in [0.5, 0.6) is 0 Å². The highest BCUT2D eigenvalue weighted by Gasteiger charge is 2.22. The molecule has 28 heavy (non-hydrogen) atoms. The molecule has 150 valence electrons. The fourth-order valence-electron chi connectivity index (χ4n) is 3.55. The molecule has 0 aliphatic carbocycles. The maximum absolute atomic E-state index is 12.9. The molecule has 0 N–H and O–H groups in total. The smallest absolute Gasteiger partial charge is 0.272 e. The highest BCUT2D eigenvalue weighted by Crippen LogP contribution is 2.19. The first-order valence-corrected chi connectivity index (χ1v) is 10.2. The van der Waals surface area contributed by atoms with E-state index in [0.717, 1.165) is 63.7 Å². The molecule has 3 heterocycles. The van der Waals surface area contributed by atoms with Crippen molar-refractivity contribution in [3.63, 3.8) is 0 Å². The van der Waals surface area contributed by atoms with E-state index < -0.39 is 0 Å². The number of pyridine rings is 1. The number of piperazine rings is 1. The predicted octanol–water partition coefficient (Wildman–Crippen LogP) is 2.77. The molecule has 0 aromatic carbocycles. The Morgan fingerprint density at radius 3 is 2.21 bits per heavy atom. The number of anilines is 2. The summed E-state index contributed by atoms with van der Waals surface area (Å²) in [4.78, 5) is 32.8. The van der Waals surface area contributed by atoms with E-state index in [2.05, 4.69) is 38.6 Å². The molecule has 2 aromatic rings. The monoisotopic (exact) mass is 382 g/mol. The Balaban J connectivity index is 1.72. The summed E-state index contributed by atoms with van der Waals surface area (Å²) in [6.45, 7) is 11.0. The molecular formula is C21H30N6O. The Hall–Kier alpha value is -2.70. The lowest BCUT2D eigenvalue weighted by Crippen LogP contribution is -2.47. The predicted molar refractivity (Wildman–Crippen MR) is 112 cm³/mol. The lowest BCUT2D eigenvalue weighted by molar-refractivity contribution is 0.0749. The minimum atomic E-state index is 0.00238. The van der Waals surface area contributed by atoms with Crippen LogP contribution in [-0.4, -0.2) is 65.0 Å². The summed E-state index contributed by atoms with van der Waals surface area (Å²) < 4.78 is 0. The molecule has 2 aromatic heterocycles. The molecule has 1 fully saturated rings. The van der Waals surface area contributed by atoms with Crippen molar-refractivity contribution in [2.24, 2.45) is 0 Å². The fourth-order valence-corrected chi connectivity index (χ4v) is 3.55. The largest absolute Gasteiger partial charge is 0.353 e. The Morgan fingerprint density at radius 2 is 1.64 bits per heavy atom. The van der Waals surface area contributed by atoms with Crippen molar-refractivity contribution in [3.8, 4) is 0 Å². The number of carbonyl (C=O) groups is 1. The van der Waals surface area contributed by atoms with Gasteiger partial charge < -0.3 is 14.7 Å². The number of nitrogens with zero attached hydrogens (tertiary/aromatic N) is 6. The second-order valence-corrected chi connectivity index (χ2v) is 7.11. The van der Waals surface area contributed by atoms with E-state index in [4.69, 9.17) is 0 Å². The molecule has 0 unspecified atom stereocenters. The number of hydrogen-bond acceptors (Lipinski definition) is 6. The molecule has 7 heteroatoms. The van der Waals surface area contributed by atoms with Gasteiger partial charge in [0.05, 0.1) is 0 Å². The summed E-state index contributed by atoms with van der Waals surface area (Å²) >= 11 is 0. The van der Waals surface area contributed by atoms with Crippen molar-refractivity contribution in [3.05, 3.63) is 42.0 Å². The first-order chi connectivity index (χ1) is 13.6. The third-order valence-corrected chi connectivity index (χ3v) is 4.89. The first kappa shape index (κ1) is 20.0. The van der Waals surface area contributed by atoms with Gasteiger partial charge in [0.15, 0.2) is 0 Å². The van der Waals surface area contributed by atoms with Gasteiger partial charge in [0.1, 0.15) is 23.2 Å². The Kier molecular flexibility index (Phi) is 6.79. The van der Waals surface area contributed by atoms with E-state index in [1.54, 1.807) is 0 Å². The zero-order valence-corrected chi connectivity index (χ0v) is 17.1. The molecular weight excluding hydrogens is 352 g/mol. The van der Waals surface area contributed by atoms with Gasteiger partial charge in [-0.25, -0.2) is 15.0 Å². The molecule has 7 nitrogen and oxygen atoms in total. The van der Waals surface area contributed by atoms with Gasteiger partial charge in [0, 0.05) is 51.5 Å². The van der Waals surface area contributed by atoms with Gasteiger partial charge in [0.2, 0.25) is 0 Å². The van der Waals surface area contributed by atoms with Gasteiger partial charge in [-0.15, -0.1) is 0 Å². The van der Waals surface area contributed by atoms with E-state index in [9.17, 15) is 4.79 Å². The van der Waals surface area contributed by atoms with E-state index in [1.165, 1.54) is 0 Å². The third-order valence-electron chi connectivity index (χ3n) is 4.89. The minimum Gasteiger partial charge on any atom is -0.353 e. The standard InChI is InChI=1S/C21H30N6O/c1-4-10-27(11-5-2)21(28)18-16-20(24-17(3)23-18)26-14-12-25(13-15-26)19-8-6-7-9-22-19/h6-9,16H,4-5,10-15H2,1-3H3. The molecule has 0 bridgehead atoms. The molecule has 1 aliphatic rings. The summed E-state index contributed by atoms with van der Waals surface area (Å²) in [5.41, 5.74) is 0.497. The zero-order chi connectivity index (χ0) is 19.9. The Labute approximate surface area is 167 Å². The van der Waals surface area contributed by atoms with Crippen molar-refractivity contribution < 1.29 is 4.79 Å². The van der Waals surface area contributed by atoms with Crippen molar-refractivity contribution in [1.82, 2.24) is 19.9 Å². The third kappa shape index (κ3) is 4.77. The van der Waals surface area contributed by atoms with Crippen molar-refractivity contribution in [1.29, 1.82) is 0 Å². The van der Waals surface area contributed by atoms with E-state index in [0.29, 0.717) is 11.5 Å². The number of amides is 1. The summed E-state index contributed by atoms with van der Waals surface area (Å²) in [7, 11) is 0. The second-order valence-electron chi connectivity index (χ2n) is 7.11. The van der Waals surface area contributed by atoms with Gasteiger partial charge in [-0.05, 0) is 31.9 Å². The molecule has 0 saturated carbocycles. The van der Waals surface area contributed by atoms with Crippen LogP contribution in [0.1, 0.15) is 43.0 Å². The van der Waals surface area contributed by atoms with Crippen molar-refractivity contribution in [2.75, 3.05) is 49.1 Å². The van der Waals surface area contributed by atoms with Crippen LogP contribution in [0.15, 0.2) is 30.5 Å². The van der Waals surface area contributed by atoms with Crippen LogP contribution in [0, 0.1) is 6.92 Å². The molecule has 0 radical (unpaired) electrons. The highest BCUT2D eigenvalue weighted by molar-refractivity contribution is 5.93. The number of hydrogen-bond donors (Lipinski definition) is 0. The van der Waals surface area contributed by atoms with Gasteiger partial charge >= 0.3 is 0 Å². The van der Waals surface area contributed by atoms with E-state index in [-0.39, 0.29) is 5.91 Å². The first-order valence-electron chi connectivity index (χ1n) is 10.2. The number of aryl methyl sites for hydroxylation is 1. The lowest BCUT2D eigenvalue weighted by Gasteiger charge is -2.36. The lowest BCUT2D eigenvalue weighted by atomic mass is 10.2. The minimum absolute atomic E-state index is 0.00238. The molecule has 1 aliphatic heterocycles. The van der Waals surface area contributed by atoms with Crippen LogP contribution in [0.2, 0.25) is 0 Å². The summed E-state index contributed by atoms with van der Waals surface area (Å²) in [5.74, 6) is 2.49. The average Bonchev–Trinajstić information content (AvgIpc) is 2.73. The van der Waals surface area contributed by atoms with Crippen LogP contribution >= 0.6 is 0 Å². The van der Waals surface area contributed by atoms with Gasteiger partial charge in [0.25, 0.3) is 5.91 Å². The van der Waals surface area contributed by atoms with Gasteiger partial charge in [-0.1, -0.05) is 19.9 Å². The highest BCUT2D eigenvalue weighted by atomic mass is 16.2. The Bertz CT molecular complexity index is 768. The summed E-state index contributed by atoms with van der Waals surface area (Å²) in [6.07, 6.45) is 3.71. The zero-order valence-electron chi connectivity index (χ0n) is 17.1. The van der Waals surface area contributed by atoms with Crippen molar-refractivity contribution in [2.45, 2.75) is 33.6 Å². The van der Waals surface area contributed by atoms with Crippen LogP contribution < -0.4 is 9.80 Å². The summed E-state index contributed by atoms with van der Waals surface area (Å²) in [6, 6.07) is 7.84. The summed E-state index contributed by atoms with van der Waals surface area (Å²) in [5, 5.41) is 0. The van der Waals surface area contributed by atoms with Gasteiger partial charge in [-0.3, -0.25) is 4.79 Å². The second kappa shape index (κ2) is 9.48. The number of aromatic nitrogens is 3. The van der Waals surface area contributed by atoms with Crippen LogP contribution in [0.4, 0.5) is 11.6 Å². The quantitative estimate of drug-likeness (QED) is 0.734. The molecule has 1 amide bonds. The van der Waals surface area contributed by atoms with E-state index in [1.807, 2.05) is 42.3 Å². The maximum atomic E-state index is 12.9. The van der Waals surface area contributed by atoms with Crippen LogP contribution in [-0.2, 0) is 0 Å². The molecule has 1 saturated heterocycles.